The molecule has 200 valence electrons. The van der Waals surface area contributed by atoms with Crippen LogP contribution in [0.4, 0.5) is 11.5 Å². The zero-order valence-corrected chi connectivity index (χ0v) is 22.8. The molecule has 0 unspecified atom stereocenters. The number of ether oxygens (including phenoxy) is 1. The number of nitrogens with zero attached hydrogens (tertiary/aromatic N) is 6. The molecule has 1 amide bonds. The van der Waals surface area contributed by atoms with Gasteiger partial charge in [-0.25, -0.2) is 0 Å². The van der Waals surface area contributed by atoms with Crippen molar-refractivity contribution in [2.45, 2.75) is 33.2 Å². The molecule has 2 aliphatic rings. The van der Waals surface area contributed by atoms with Crippen molar-refractivity contribution in [3.05, 3.63) is 53.2 Å². The summed E-state index contributed by atoms with van der Waals surface area (Å²) in [5.41, 5.74) is 4.76. The van der Waals surface area contributed by atoms with Crippen molar-refractivity contribution < 1.29 is 9.53 Å². The van der Waals surface area contributed by atoms with Crippen molar-refractivity contribution in [3.63, 3.8) is 0 Å². The Morgan fingerprint density at radius 1 is 1.11 bits per heavy atom. The van der Waals surface area contributed by atoms with E-state index in [0.29, 0.717) is 19.0 Å². The number of anilines is 2. The van der Waals surface area contributed by atoms with Crippen LogP contribution in [0.15, 0.2) is 36.4 Å². The number of hydrogen-bond donors (Lipinski definition) is 1. The summed E-state index contributed by atoms with van der Waals surface area (Å²) in [5, 5.41) is 13.3. The van der Waals surface area contributed by atoms with Crippen LogP contribution in [0.2, 0.25) is 0 Å². The van der Waals surface area contributed by atoms with Gasteiger partial charge in [0.25, 0.3) is 0 Å². The molecule has 9 nitrogen and oxygen atoms in total. The lowest BCUT2D eigenvalue weighted by Gasteiger charge is -2.35. The lowest BCUT2D eigenvalue weighted by molar-refractivity contribution is -0.129. The van der Waals surface area contributed by atoms with Crippen LogP contribution in [0.3, 0.4) is 0 Å². The molecule has 3 aromatic rings. The predicted octanol–water partition coefficient (Wildman–Crippen LogP) is 3.30. The highest BCUT2D eigenvalue weighted by Gasteiger charge is 2.27. The van der Waals surface area contributed by atoms with E-state index in [9.17, 15) is 4.79 Å². The maximum absolute atomic E-state index is 12.0. The number of fused-ring (bicyclic) bond motifs is 2. The monoisotopic (exact) mass is 515 g/mol. The average molecular weight is 516 g/mol. The maximum Gasteiger partial charge on any atom is 0.318 e. The highest BCUT2D eigenvalue weighted by Crippen LogP contribution is 2.35. The molecule has 0 atom stereocenters. The number of nitrogens with one attached hydrogen (secondary N) is 1. The first-order valence-corrected chi connectivity index (χ1v) is 13.2. The number of carbonyl (C=O) groups is 1. The fourth-order valence-corrected chi connectivity index (χ4v) is 5.02. The highest BCUT2D eigenvalue weighted by atomic mass is 16.5. The molecule has 1 aromatic heterocycles. The van der Waals surface area contributed by atoms with E-state index in [0.717, 1.165) is 50.7 Å². The first-order chi connectivity index (χ1) is 18.4. The molecule has 1 N–H and O–H groups in total. The molecule has 5 rings (SSSR count). The van der Waals surface area contributed by atoms with Crippen LogP contribution in [0.1, 0.15) is 30.2 Å². The Morgan fingerprint density at radius 3 is 2.53 bits per heavy atom. The van der Waals surface area contributed by atoms with Gasteiger partial charge in [0.15, 0.2) is 0 Å². The summed E-state index contributed by atoms with van der Waals surface area (Å²) in [5.74, 6) is 1.02. The smallest absolute Gasteiger partial charge is 0.318 e. The van der Waals surface area contributed by atoms with Crippen molar-refractivity contribution in [1.29, 1.82) is 5.26 Å². The van der Waals surface area contributed by atoms with E-state index in [4.69, 9.17) is 20.0 Å². The summed E-state index contributed by atoms with van der Waals surface area (Å²) in [6.45, 7) is 9.19. The van der Waals surface area contributed by atoms with Crippen molar-refractivity contribution in [2.75, 3.05) is 63.2 Å². The second kappa shape index (κ2) is 12.6. The van der Waals surface area contributed by atoms with Gasteiger partial charge in [-0.05, 0) is 30.4 Å². The molecule has 1 saturated heterocycles. The number of benzene rings is 2. The minimum atomic E-state index is 0.0304. The second-order valence-corrected chi connectivity index (χ2v) is 9.72. The number of rotatable bonds is 6. The zero-order chi connectivity index (χ0) is 27.1. The molecule has 38 heavy (non-hydrogen) atoms. The van der Waals surface area contributed by atoms with Gasteiger partial charge in [-0.1, -0.05) is 30.3 Å². The molecule has 9 heteroatoms. The largest absolute Gasteiger partial charge is 0.463 e. The molecule has 0 aliphatic carbocycles. The first kappa shape index (κ1) is 27.1. The van der Waals surface area contributed by atoms with Crippen LogP contribution < -0.4 is 19.9 Å². The molecule has 2 aliphatic heterocycles. The van der Waals surface area contributed by atoms with Crippen molar-refractivity contribution in [3.8, 4) is 12.1 Å². The Morgan fingerprint density at radius 2 is 1.82 bits per heavy atom. The lowest BCUT2D eigenvalue weighted by Crippen LogP contribution is -2.45. The third kappa shape index (κ3) is 6.14. The molecule has 3 heterocycles. The topological polar surface area (TPSA) is 97.6 Å². The summed E-state index contributed by atoms with van der Waals surface area (Å²) in [7, 11) is 3.51. The molecular formula is C29H37N7O2. The summed E-state index contributed by atoms with van der Waals surface area (Å²) < 4.78 is 5.92. The normalized spacial score (nSPS) is 14.7. The number of nitriles is 1. The Hall–Kier alpha value is -3.90. The summed E-state index contributed by atoms with van der Waals surface area (Å²) in [6.07, 6.45) is 1.19. The predicted molar refractivity (Wildman–Crippen MR) is 151 cm³/mol. The van der Waals surface area contributed by atoms with Crippen LogP contribution in [0.25, 0.3) is 10.8 Å². The summed E-state index contributed by atoms with van der Waals surface area (Å²) in [6, 6.07) is 15.1. The summed E-state index contributed by atoms with van der Waals surface area (Å²) in [4.78, 5) is 28.0. The van der Waals surface area contributed by atoms with Gasteiger partial charge in [0.1, 0.15) is 12.4 Å². The fraction of sp³-hybridized carbons (Fsp3) is 0.448. The van der Waals surface area contributed by atoms with E-state index in [1.54, 1.807) is 25.1 Å². The Kier molecular flexibility index (Phi) is 8.98. The van der Waals surface area contributed by atoms with E-state index in [-0.39, 0.29) is 12.5 Å². The second-order valence-electron chi connectivity index (χ2n) is 9.72. The number of piperazine rings is 1. The number of aromatic nitrogens is 2. The van der Waals surface area contributed by atoms with Crippen LogP contribution in [0.5, 0.6) is 6.01 Å². The van der Waals surface area contributed by atoms with Crippen molar-refractivity contribution >= 4 is 28.2 Å². The summed E-state index contributed by atoms with van der Waals surface area (Å²) >= 11 is 0. The molecule has 0 saturated carbocycles. The molecule has 0 radical (unpaired) electrons. The van der Waals surface area contributed by atoms with Gasteiger partial charge in [-0.15, -0.1) is 0 Å². The Labute approximate surface area is 225 Å². The van der Waals surface area contributed by atoms with Gasteiger partial charge >= 0.3 is 6.01 Å². The minimum Gasteiger partial charge on any atom is -0.463 e. The third-order valence-corrected chi connectivity index (χ3v) is 6.92. The van der Waals surface area contributed by atoms with Gasteiger partial charge in [0.05, 0.1) is 24.7 Å². The standard InChI is InChI=1S/C27H34N6O2.C2H3N/c1-19-6-4-7-20-8-5-9-23(25(19)20)33-14-10-21-22(18-33)29-27(35-17-11-24(34)31(2)3)30-26(21)32-15-12-28-13-16-32;1-2-3/h4-9,28H,10-18H2,1-3H3;1H3. The number of hydrogen-bond acceptors (Lipinski definition) is 8. The van der Waals surface area contributed by atoms with Crippen molar-refractivity contribution in [1.82, 2.24) is 20.2 Å². The van der Waals surface area contributed by atoms with Gasteiger partial charge < -0.3 is 24.8 Å². The van der Waals surface area contributed by atoms with Gasteiger partial charge in [0.2, 0.25) is 5.91 Å². The first-order valence-electron chi connectivity index (χ1n) is 13.2. The Balaban J connectivity index is 0.00000107. The zero-order valence-electron chi connectivity index (χ0n) is 22.8. The Bertz CT molecular complexity index is 1310. The van der Waals surface area contributed by atoms with E-state index < -0.39 is 0 Å². The molecule has 2 aromatic carbocycles. The van der Waals surface area contributed by atoms with E-state index >= 15 is 0 Å². The minimum absolute atomic E-state index is 0.0304. The van der Waals surface area contributed by atoms with Gasteiger partial charge in [0, 0.05) is 70.4 Å². The fourth-order valence-electron chi connectivity index (χ4n) is 5.02. The molecule has 0 spiro atoms. The maximum atomic E-state index is 12.0. The highest BCUT2D eigenvalue weighted by molar-refractivity contribution is 5.97. The van der Waals surface area contributed by atoms with Crippen LogP contribution in [-0.4, -0.2) is 74.2 Å². The average Bonchev–Trinajstić information content (AvgIpc) is 2.93. The SMILES string of the molecule is CC#N.Cc1cccc2cccc(N3CCc4c(nc(OCCC(=O)N(C)C)nc4N4CCNCC4)C3)c12. The van der Waals surface area contributed by atoms with Crippen molar-refractivity contribution in [2.24, 2.45) is 0 Å². The van der Waals surface area contributed by atoms with E-state index in [1.165, 1.54) is 34.5 Å². The van der Waals surface area contributed by atoms with Gasteiger partial charge in [-0.2, -0.15) is 15.2 Å². The van der Waals surface area contributed by atoms with Crippen LogP contribution in [-0.2, 0) is 17.8 Å². The third-order valence-electron chi connectivity index (χ3n) is 6.92. The van der Waals surface area contributed by atoms with Gasteiger partial charge in [-0.3, -0.25) is 4.79 Å². The number of amides is 1. The van der Waals surface area contributed by atoms with E-state index in [2.05, 4.69) is 58.4 Å². The van der Waals surface area contributed by atoms with Crippen LogP contribution in [0, 0.1) is 18.3 Å². The lowest BCUT2D eigenvalue weighted by atomic mass is 9.99. The molecular weight excluding hydrogens is 478 g/mol. The number of carbonyl (C=O) groups excluding carboxylic acids is 1. The van der Waals surface area contributed by atoms with Crippen LogP contribution >= 0.6 is 0 Å². The quantitative estimate of drug-likeness (QED) is 0.534. The van der Waals surface area contributed by atoms with E-state index in [1.807, 2.05) is 0 Å². The molecule has 1 fully saturated rings. The molecule has 0 bridgehead atoms. The number of aryl methyl sites for hydroxylation is 1.